The molecule has 1 saturated carbocycles. The van der Waals surface area contributed by atoms with Crippen molar-refractivity contribution in [2.45, 2.75) is 50.7 Å². The first-order valence-electron chi connectivity index (χ1n) is 8.27. The quantitative estimate of drug-likeness (QED) is 0.923. The van der Waals surface area contributed by atoms with Gasteiger partial charge in [0.1, 0.15) is 0 Å². The molecule has 0 aromatic heterocycles. The van der Waals surface area contributed by atoms with E-state index in [4.69, 9.17) is 0 Å². The average molecular weight is 283 g/mol. The third-order valence-electron chi connectivity index (χ3n) is 4.89. The summed E-state index contributed by atoms with van der Waals surface area (Å²) in [6, 6.07) is 14.2. The lowest BCUT2D eigenvalue weighted by molar-refractivity contribution is 0.173. The molecule has 1 aliphatic heterocycles. The lowest BCUT2D eigenvalue weighted by Crippen LogP contribution is -2.49. The fraction of sp³-hybridized carbons (Fsp3) is 0.611. The van der Waals surface area contributed by atoms with E-state index in [1.165, 1.54) is 37.8 Å². The van der Waals surface area contributed by atoms with E-state index in [2.05, 4.69) is 46.6 Å². The van der Waals surface area contributed by atoms with Gasteiger partial charge in [-0.3, -0.25) is 4.90 Å². The first-order valence-corrected chi connectivity index (χ1v) is 8.27. The summed E-state index contributed by atoms with van der Waals surface area (Å²) in [5.41, 5.74) is 1.40. The van der Waals surface area contributed by atoms with Crippen molar-refractivity contribution in [2.24, 2.45) is 5.92 Å². The number of nitrogens with one attached hydrogen (secondary N) is 1. The fourth-order valence-electron chi connectivity index (χ4n) is 3.79. The van der Waals surface area contributed by atoms with Crippen molar-refractivity contribution in [1.82, 2.24) is 10.2 Å². The minimum absolute atomic E-state index is 0.231. The van der Waals surface area contributed by atoms with E-state index in [-0.39, 0.29) is 5.92 Å². The molecule has 0 spiro atoms. The highest BCUT2D eigenvalue weighted by atomic mass is 15.2. The van der Waals surface area contributed by atoms with Crippen molar-refractivity contribution < 1.29 is 0 Å². The highest BCUT2D eigenvalue weighted by Crippen LogP contribution is 2.26. The number of likely N-dealkylation sites (tertiary alicyclic amines) is 1. The molecular formula is C18H25N3. The second kappa shape index (κ2) is 7.06. The Bertz CT molecular complexity index is 479. The van der Waals surface area contributed by atoms with E-state index in [1.807, 2.05) is 0 Å². The smallest absolute Gasteiger partial charge is 0.0672 e. The average Bonchev–Trinajstić information content (AvgIpc) is 2.96. The van der Waals surface area contributed by atoms with Crippen molar-refractivity contribution in [3.8, 4) is 6.07 Å². The molecule has 3 heteroatoms. The normalized spacial score (nSPS) is 30.1. The van der Waals surface area contributed by atoms with Gasteiger partial charge >= 0.3 is 0 Å². The van der Waals surface area contributed by atoms with Gasteiger partial charge in [-0.25, -0.2) is 0 Å². The molecule has 3 rings (SSSR count). The maximum atomic E-state index is 9.21. The molecule has 1 aromatic rings. The molecule has 0 bridgehead atoms. The van der Waals surface area contributed by atoms with Crippen LogP contribution in [0.4, 0.5) is 0 Å². The lowest BCUT2D eigenvalue weighted by atomic mass is 10.00. The van der Waals surface area contributed by atoms with Crippen LogP contribution in [0.5, 0.6) is 0 Å². The summed E-state index contributed by atoms with van der Waals surface area (Å²) < 4.78 is 0. The molecular weight excluding hydrogens is 258 g/mol. The van der Waals surface area contributed by atoms with Crippen LogP contribution in [0.25, 0.3) is 0 Å². The number of piperidine rings is 1. The molecule has 0 amide bonds. The predicted octanol–water partition coefficient (Wildman–Crippen LogP) is 2.93. The second-order valence-electron chi connectivity index (χ2n) is 6.50. The minimum Gasteiger partial charge on any atom is -0.309 e. The minimum atomic E-state index is 0.231. The van der Waals surface area contributed by atoms with Gasteiger partial charge in [-0.05, 0) is 37.8 Å². The molecule has 1 saturated heterocycles. The Balaban J connectivity index is 1.52. The topological polar surface area (TPSA) is 39.1 Å². The third-order valence-corrected chi connectivity index (χ3v) is 4.89. The molecule has 1 aliphatic carbocycles. The number of benzene rings is 1. The van der Waals surface area contributed by atoms with Gasteiger partial charge in [0.15, 0.2) is 0 Å². The SMILES string of the molecule is N#CC1CCCC1NC1CCCN(Cc2ccccc2)C1. The summed E-state index contributed by atoms with van der Waals surface area (Å²) in [6.07, 6.45) is 5.97. The summed E-state index contributed by atoms with van der Waals surface area (Å²) >= 11 is 0. The fourth-order valence-corrected chi connectivity index (χ4v) is 3.79. The Morgan fingerprint density at radius 1 is 1.14 bits per heavy atom. The first kappa shape index (κ1) is 14.6. The molecule has 2 fully saturated rings. The summed E-state index contributed by atoms with van der Waals surface area (Å²) in [6.45, 7) is 3.36. The van der Waals surface area contributed by atoms with Crippen molar-refractivity contribution in [2.75, 3.05) is 13.1 Å². The zero-order valence-corrected chi connectivity index (χ0v) is 12.7. The summed E-state index contributed by atoms with van der Waals surface area (Å²) in [5.74, 6) is 0.231. The van der Waals surface area contributed by atoms with Crippen LogP contribution in [0, 0.1) is 17.2 Å². The van der Waals surface area contributed by atoms with E-state index >= 15 is 0 Å². The standard InChI is InChI=1S/C18H25N3/c19-12-16-8-4-10-18(16)20-17-9-5-11-21(14-17)13-15-6-2-1-3-7-15/h1-3,6-7,16-18,20H,4-5,8-11,13-14H2. The molecule has 3 atom stereocenters. The maximum absolute atomic E-state index is 9.21. The number of rotatable bonds is 4. The highest BCUT2D eigenvalue weighted by Gasteiger charge is 2.30. The van der Waals surface area contributed by atoms with Crippen LogP contribution in [0.15, 0.2) is 30.3 Å². The summed E-state index contributed by atoms with van der Waals surface area (Å²) in [5, 5.41) is 13.0. The van der Waals surface area contributed by atoms with Crippen LogP contribution < -0.4 is 5.32 Å². The molecule has 2 aliphatic rings. The van der Waals surface area contributed by atoms with E-state index in [0.717, 1.165) is 19.5 Å². The van der Waals surface area contributed by atoms with E-state index < -0.39 is 0 Å². The van der Waals surface area contributed by atoms with Gasteiger partial charge in [-0.1, -0.05) is 36.8 Å². The third kappa shape index (κ3) is 3.84. The largest absolute Gasteiger partial charge is 0.309 e. The van der Waals surface area contributed by atoms with Crippen LogP contribution >= 0.6 is 0 Å². The molecule has 0 radical (unpaired) electrons. The van der Waals surface area contributed by atoms with Gasteiger partial charge in [0, 0.05) is 25.2 Å². The highest BCUT2D eigenvalue weighted by molar-refractivity contribution is 5.14. The van der Waals surface area contributed by atoms with E-state index in [1.54, 1.807) is 0 Å². The van der Waals surface area contributed by atoms with Gasteiger partial charge in [0.2, 0.25) is 0 Å². The molecule has 1 N–H and O–H groups in total. The molecule has 1 heterocycles. The number of nitriles is 1. The zero-order valence-electron chi connectivity index (χ0n) is 12.7. The van der Waals surface area contributed by atoms with Crippen molar-refractivity contribution in [3.63, 3.8) is 0 Å². The van der Waals surface area contributed by atoms with Gasteiger partial charge in [0.25, 0.3) is 0 Å². The Hall–Kier alpha value is -1.37. The van der Waals surface area contributed by atoms with Crippen molar-refractivity contribution in [3.05, 3.63) is 35.9 Å². The molecule has 3 nitrogen and oxygen atoms in total. The molecule has 1 aromatic carbocycles. The number of nitrogens with zero attached hydrogens (tertiary/aromatic N) is 2. The van der Waals surface area contributed by atoms with Crippen LogP contribution in [0.3, 0.4) is 0 Å². The molecule has 3 unspecified atom stereocenters. The van der Waals surface area contributed by atoms with Gasteiger partial charge in [-0.2, -0.15) is 5.26 Å². The Morgan fingerprint density at radius 3 is 2.81 bits per heavy atom. The summed E-state index contributed by atoms with van der Waals surface area (Å²) in [4.78, 5) is 2.55. The lowest BCUT2D eigenvalue weighted by Gasteiger charge is -2.35. The Morgan fingerprint density at radius 2 is 2.00 bits per heavy atom. The van der Waals surface area contributed by atoms with Gasteiger partial charge < -0.3 is 5.32 Å². The molecule has 21 heavy (non-hydrogen) atoms. The van der Waals surface area contributed by atoms with Crippen LogP contribution in [-0.2, 0) is 6.54 Å². The predicted molar refractivity (Wildman–Crippen MR) is 84.6 cm³/mol. The second-order valence-corrected chi connectivity index (χ2v) is 6.50. The van der Waals surface area contributed by atoms with Crippen LogP contribution in [0.2, 0.25) is 0 Å². The monoisotopic (exact) mass is 283 g/mol. The number of hydrogen-bond donors (Lipinski definition) is 1. The van der Waals surface area contributed by atoms with E-state index in [0.29, 0.717) is 12.1 Å². The van der Waals surface area contributed by atoms with Crippen molar-refractivity contribution in [1.29, 1.82) is 5.26 Å². The summed E-state index contributed by atoms with van der Waals surface area (Å²) in [7, 11) is 0. The number of hydrogen-bond acceptors (Lipinski definition) is 3. The maximum Gasteiger partial charge on any atom is 0.0672 e. The zero-order chi connectivity index (χ0) is 14.5. The Labute approximate surface area is 128 Å². The van der Waals surface area contributed by atoms with Gasteiger partial charge in [-0.15, -0.1) is 0 Å². The van der Waals surface area contributed by atoms with E-state index in [9.17, 15) is 5.26 Å². The van der Waals surface area contributed by atoms with Crippen molar-refractivity contribution >= 4 is 0 Å². The first-order chi connectivity index (χ1) is 10.3. The van der Waals surface area contributed by atoms with Crippen LogP contribution in [0.1, 0.15) is 37.7 Å². The Kier molecular flexibility index (Phi) is 4.90. The van der Waals surface area contributed by atoms with Gasteiger partial charge in [0.05, 0.1) is 12.0 Å². The van der Waals surface area contributed by atoms with Crippen LogP contribution in [-0.4, -0.2) is 30.1 Å². The molecule has 112 valence electrons.